The molecule has 4 rings (SSSR count). The molecular formula is C18H16N4O4. The summed E-state index contributed by atoms with van der Waals surface area (Å²) in [7, 11) is 0. The molecule has 3 heterocycles. The fourth-order valence-corrected chi connectivity index (χ4v) is 2.78. The lowest BCUT2D eigenvalue weighted by Gasteiger charge is -2.04. The summed E-state index contributed by atoms with van der Waals surface area (Å²) < 4.78 is 12.0. The highest BCUT2D eigenvalue weighted by molar-refractivity contribution is 5.92. The second kappa shape index (κ2) is 6.75. The maximum Gasteiger partial charge on any atom is 0.326 e. The first-order chi connectivity index (χ1) is 12.7. The summed E-state index contributed by atoms with van der Waals surface area (Å²) in [6, 6.07) is 12.5. The Morgan fingerprint density at radius 2 is 2.08 bits per heavy atom. The van der Waals surface area contributed by atoms with Gasteiger partial charge in [-0.15, -0.1) is 0 Å². The number of H-pyrrole nitrogens is 1. The Morgan fingerprint density at radius 1 is 1.19 bits per heavy atom. The number of benzene rings is 1. The average molecular weight is 352 g/mol. The highest BCUT2D eigenvalue weighted by Gasteiger charge is 2.14. The standard InChI is InChI=1S/C18H16N4O4/c23-17(13-11-16(26-21-13)15-7-3-10-25-15)19-8-4-9-22-14-6-2-1-5-12(14)20-18(22)24/h1-3,5-7,10-11H,4,8-9H2,(H,19,23)(H,20,24). The summed E-state index contributed by atoms with van der Waals surface area (Å²) >= 11 is 0. The van der Waals surface area contributed by atoms with Crippen molar-refractivity contribution in [3.8, 4) is 11.5 Å². The number of carbonyl (C=O) groups is 1. The van der Waals surface area contributed by atoms with Gasteiger partial charge >= 0.3 is 5.69 Å². The number of furan rings is 1. The summed E-state index contributed by atoms with van der Waals surface area (Å²) in [5.41, 5.74) is 1.68. The molecule has 8 heteroatoms. The van der Waals surface area contributed by atoms with Crippen LogP contribution >= 0.6 is 0 Å². The first-order valence-electron chi connectivity index (χ1n) is 8.19. The Bertz CT molecular complexity index is 1090. The van der Waals surface area contributed by atoms with Crippen LogP contribution in [0, 0.1) is 0 Å². The number of amides is 1. The Kier molecular flexibility index (Phi) is 4.14. The van der Waals surface area contributed by atoms with Crippen molar-refractivity contribution in [1.29, 1.82) is 0 Å². The number of aryl methyl sites for hydroxylation is 1. The first kappa shape index (κ1) is 15.9. The number of nitrogens with one attached hydrogen (secondary N) is 2. The molecule has 0 fully saturated rings. The highest BCUT2D eigenvalue weighted by Crippen LogP contribution is 2.20. The molecule has 1 amide bonds. The lowest BCUT2D eigenvalue weighted by molar-refractivity contribution is 0.0944. The van der Waals surface area contributed by atoms with Crippen LogP contribution in [0.4, 0.5) is 0 Å². The summed E-state index contributed by atoms with van der Waals surface area (Å²) in [6.07, 6.45) is 2.13. The molecule has 0 aliphatic heterocycles. The van der Waals surface area contributed by atoms with Crippen LogP contribution in [0.2, 0.25) is 0 Å². The van der Waals surface area contributed by atoms with Crippen molar-refractivity contribution >= 4 is 16.9 Å². The predicted octanol–water partition coefficient (Wildman–Crippen LogP) is 2.40. The Labute approximate surface area is 147 Å². The van der Waals surface area contributed by atoms with Crippen LogP contribution in [0.15, 0.2) is 62.5 Å². The molecule has 132 valence electrons. The molecule has 3 aromatic heterocycles. The van der Waals surface area contributed by atoms with Crippen LogP contribution in [-0.4, -0.2) is 27.2 Å². The molecule has 0 saturated heterocycles. The van der Waals surface area contributed by atoms with Gasteiger partial charge < -0.3 is 19.2 Å². The maximum absolute atomic E-state index is 12.1. The zero-order valence-electron chi connectivity index (χ0n) is 13.8. The normalized spacial score (nSPS) is 11.1. The largest absolute Gasteiger partial charge is 0.461 e. The van der Waals surface area contributed by atoms with E-state index in [1.165, 1.54) is 12.3 Å². The van der Waals surface area contributed by atoms with E-state index >= 15 is 0 Å². The molecule has 0 bridgehead atoms. The van der Waals surface area contributed by atoms with Crippen molar-refractivity contribution in [3.63, 3.8) is 0 Å². The number of fused-ring (bicyclic) bond motifs is 1. The Morgan fingerprint density at radius 3 is 2.92 bits per heavy atom. The van der Waals surface area contributed by atoms with Gasteiger partial charge in [-0.1, -0.05) is 17.3 Å². The van der Waals surface area contributed by atoms with E-state index in [9.17, 15) is 9.59 Å². The number of aromatic amines is 1. The molecule has 2 N–H and O–H groups in total. The van der Waals surface area contributed by atoms with E-state index < -0.39 is 0 Å². The van der Waals surface area contributed by atoms with Gasteiger partial charge in [-0.05, 0) is 30.7 Å². The number of rotatable bonds is 6. The second-order valence-electron chi connectivity index (χ2n) is 5.76. The SMILES string of the molecule is O=C(NCCCn1c(=O)[nH]c2ccccc21)c1cc(-c2ccco2)on1. The molecule has 0 radical (unpaired) electrons. The number of para-hydroxylation sites is 2. The van der Waals surface area contributed by atoms with E-state index in [-0.39, 0.29) is 17.3 Å². The zero-order chi connectivity index (χ0) is 17.9. The molecule has 0 aliphatic rings. The fourth-order valence-electron chi connectivity index (χ4n) is 2.78. The van der Waals surface area contributed by atoms with E-state index in [1.807, 2.05) is 24.3 Å². The number of aromatic nitrogens is 3. The predicted molar refractivity (Wildman–Crippen MR) is 93.7 cm³/mol. The van der Waals surface area contributed by atoms with Crippen LogP contribution in [-0.2, 0) is 6.54 Å². The molecule has 0 spiro atoms. The molecular weight excluding hydrogens is 336 g/mol. The highest BCUT2D eigenvalue weighted by atomic mass is 16.5. The monoisotopic (exact) mass is 352 g/mol. The zero-order valence-corrected chi connectivity index (χ0v) is 13.8. The average Bonchev–Trinajstić information content (AvgIpc) is 3.38. The van der Waals surface area contributed by atoms with Crippen molar-refractivity contribution in [2.24, 2.45) is 0 Å². The van der Waals surface area contributed by atoms with Gasteiger partial charge in [0.25, 0.3) is 5.91 Å². The topological polar surface area (TPSA) is 106 Å². The van der Waals surface area contributed by atoms with E-state index in [0.29, 0.717) is 31.0 Å². The van der Waals surface area contributed by atoms with Crippen molar-refractivity contribution in [2.45, 2.75) is 13.0 Å². The third-order valence-electron chi connectivity index (χ3n) is 4.03. The lowest BCUT2D eigenvalue weighted by atomic mass is 10.3. The molecule has 0 saturated carbocycles. The van der Waals surface area contributed by atoms with Crippen LogP contribution < -0.4 is 11.0 Å². The van der Waals surface area contributed by atoms with Crippen molar-refractivity contribution in [2.75, 3.05) is 6.54 Å². The lowest BCUT2D eigenvalue weighted by Crippen LogP contribution is -2.26. The summed E-state index contributed by atoms with van der Waals surface area (Å²) in [4.78, 5) is 26.9. The molecule has 0 unspecified atom stereocenters. The quantitative estimate of drug-likeness (QED) is 0.518. The number of hydrogen-bond acceptors (Lipinski definition) is 5. The molecule has 0 atom stereocenters. The third kappa shape index (κ3) is 3.04. The Hall–Kier alpha value is -3.55. The van der Waals surface area contributed by atoms with E-state index in [1.54, 1.807) is 16.7 Å². The van der Waals surface area contributed by atoms with E-state index in [4.69, 9.17) is 8.94 Å². The van der Waals surface area contributed by atoms with Crippen molar-refractivity contribution in [1.82, 2.24) is 20.0 Å². The molecule has 0 aliphatic carbocycles. The number of hydrogen-bond donors (Lipinski definition) is 2. The van der Waals surface area contributed by atoms with Gasteiger partial charge in [0.05, 0.1) is 17.3 Å². The Balaban J connectivity index is 1.34. The van der Waals surface area contributed by atoms with Gasteiger partial charge in [0.15, 0.2) is 11.5 Å². The minimum atomic E-state index is -0.335. The minimum absolute atomic E-state index is 0.155. The van der Waals surface area contributed by atoms with Crippen molar-refractivity contribution < 1.29 is 13.7 Å². The van der Waals surface area contributed by atoms with Crippen LogP contribution in [0.25, 0.3) is 22.6 Å². The van der Waals surface area contributed by atoms with Crippen LogP contribution in [0.5, 0.6) is 0 Å². The van der Waals surface area contributed by atoms with E-state index in [0.717, 1.165) is 11.0 Å². The van der Waals surface area contributed by atoms with Gasteiger partial charge in [-0.2, -0.15) is 0 Å². The molecule has 8 nitrogen and oxygen atoms in total. The van der Waals surface area contributed by atoms with Gasteiger partial charge in [-0.3, -0.25) is 9.36 Å². The summed E-state index contributed by atoms with van der Waals surface area (Å²) in [5.74, 6) is 0.568. The summed E-state index contributed by atoms with van der Waals surface area (Å²) in [6.45, 7) is 0.910. The number of carbonyl (C=O) groups excluding carboxylic acids is 1. The number of imidazole rings is 1. The number of nitrogens with zero attached hydrogens (tertiary/aromatic N) is 2. The second-order valence-corrected chi connectivity index (χ2v) is 5.76. The van der Waals surface area contributed by atoms with Gasteiger partial charge in [0.2, 0.25) is 5.76 Å². The smallest absolute Gasteiger partial charge is 0.326 e. The third-order valence-corrected chi connectivity index (χ3v) is 4.03. The van der Waals surface area contributed by atoms with Gasteiger partial charge in [-0.25, -0.2) is 4.79 Å². The van der Waals surface area contributed by atoms with Gasteiger partial charge in [0, 0.05) is 19.2 Å². The first-order valence-corrected chi connectivity index (χ1v) is 8.19. The minimum Gasteiger partial charge on any atom is -0.461 e. The van der Waals surface area contributed by atoms with Crippen molar-refractivity contribution in [3.05, 3.63) is 64.9 Å². The van der Waals surface area contributed by atoms with Crippen LogP contribution in [0.3, 0.4) is 0 Å². The molecule has 4 aromatic rings. The van der Waals surface area contributed by atoms with Gasteiger partial charge in [0.1, 0.15) is 0 Å². The van der Waals surface area contributed by atoms with Crippen LogP contribution in [0.1, 0.15) is 16.9 Å². The summed E-state index contributed by atoms with van der Waals surface area (Å²) in [5, 5.41) is 6.52. The molecule has 1 aromatic carbocycles. The maximum atomic E-state index is 12.1. The molecule has 26 heavy (non-hydrogen) atoms. The fraction of sp³-hybridized carbons (Fsp3) is 0.167. The van der Waals surface area contributed by atoms with E-state index in [2.05, 4.69) is 15.5 Å².